The Balaban J connectivity index is 2.03. The van der Waals surface area contributed by atoms with Crippen LogP contribution in [0.5, 0.6) is 0 Å². The number of carbonyl (C=O) groups excluding carboxylic acids is 1. The molecule has 4 nitrogen and oxygen atoms in total. The van der Waals surface area contributed by atoms with Crippen molar-refractivity contribution in [1.82, 2.24) is 5.32 Å². The molecule has 0 radical (unpaired) electrons. The summed E-state index contributed by atoms with van der Waals surface area (Å²) in [6.45, 7) is 2.07. The number of aliphatic carboxylic acids is 1. The van der Waals surface area contributed by atoms with E-state index in [0.717, 1.165) is 23.5 Å². The number of amides is 1. The van der Waals surface area contributed by atoms with Crippen molar-refractivity contribution < 1.29 is 14.7 Å². The molecule has 0 spiro atoms. The molecule has 1 aromatic carbocycles. The summed E-state index contributed by atoms with van der Waals surface area (Å²) >= 11 is 1.74. The molecule has 2 rings (SSSR count). The lowest BCUT2D eigenvalue weighted by molar-refractivity contribution is -0.148. The van der Waals surface area contributed by atoms with Crippen LogP contribution in [0.3, 0.4) is 0 Å². The van der Waals surface area contributed by atoms with E-state index >= 15 is 0 Å². The summed E-state index contributed by atoms with van der Waals surface area (Å²) in [5.41, 5.74) is 1.03. The van der Waals surface area contributed by atoms with Gasteiger partial charge in [-0.15, -0.1) is 0 Å². The Morgan fingerprint density at radius 1 is 1.29 bits per heavy atom. The Hall–Kier alpha value is -1.49. The first-order chi connectivity index (χ1) is 10.1. The van der Waals surface area contributed by atoms with E-state index in [9.17, 15) is 14.7 Å². The second-order valence-corrected chi connectivity index (χ2v) is 6.62. The predicted molar refractivity (Wildman–Crippen MR) is 84.6 cm³/mol. The molecule has 1 saturated heterocycles. The molecule has 0 saturated carbocycles. The van der Waals surface area contributed by atoms with Crippen molar-refractivity contribution in [2.45, 2.75) is 38.1 Å². The van der Waals surface area contributed by atoms with E-state index in [-0.39, 0.29) is 12.3 Å². The van der Waals surface area contributed by atoms with Crippen molar-refractivity contribution >= 4 is 23.6 Å². The fraction of sp³-hybridized carbons (Fsp3) is 0.500. The molecule has 0 aliphatic carbocycles. The maximum Gasteiger partial charge on any atom is 0.329 e. The summed E-state index contributed by atoms with van der Waals surface area (Å²) in [5, 5.41) is 12.2. The number of carboxylic acid groups (broad SMARTS) is 1. The lowest BCUT2D eigenvalue weighted by Gasteiger charge is -2.33. The molecule has 0 atom stereocenters. The van der Waals surface area contributed by atoms with Gasteiger partial charge in [0.25, 0.3) is 0 Å². The molecule has 0 bridgehead atoms. The fourth-order valence-electron chi connectivity index (χ4n) is 2.57. The number of aryl methyl sites for hydroxylation is 1. The van der Waals surface area contributed by atoms with Crippen LogP contribution in [0.25, 0.3) is 0 Å². The van der Waals surface area contributed by atoms with Gasteiger partial charge in [0.05, 0.1) is 6.42 Å². The van der Waals surface area contributed by atoms with Gasteiger partial charge in [-0.1, -0.05) is 31.2 Å². The first-order valence-corrected chi connectivity index (χ1v) is 8.41. The third-order valence-corrected chi connectivity index (χ3v) is 4.88. The molecule has 5 heteroatoms. The van der Waals surface area contributed by atoms with Crippen molar-refractivity contribution in [2.75, 3.05) is 11.5 Å². The molecule has 1 aliphatic rings. The van der Waals surface area contributed by atoms with Gasteiger partial charge in [-0.3, -0.25) is 4.79 Å². The van der Waals surface area contributed by atoms with E-state index in [0.29, 0.717) is 12.8 Å². The van der Waals surface area contributed by atoms with E-state index in [4.69, 9.17) is 0 Å². The first kappa shape index (κ1) is 15.9. The lowest BCUT2D eigenvalue weighted by atomic mass is 9.92. The Labute approximate surface area is 129 Å². The summed E-state index contributed by atoms with van der Waals surface area (Å²) in [7, 11) is 0. The van der Waals surface area contributed by atoms with Gasteiger partial charge in [0.15, 0.2) is 0 Å². The van der Waals surface area contributed by atoms with Crippen LogP contribution < -0.4 is 5.32 Å². The van der Waals surface area contributed by atoms with Crippen molar-refractivity contribution in [3.05, 3.63) is 35.4 Å². The van der Waals surface area contributed by atoms with Crippen LogP contribution in [0.15, 0.2) is 24.3 Å². The molecule has 0 aromatic heterocycles. The molecular formula is C16H21NO3S. The molecule has 1 heterocycles. The summed E-state index contributed by atoms with van der Waals surface area (Å²) in [6, 6.07) is 7.87. The van der Waals surface area contributed by atoms with Gasteiger partial charge in [0, 0.05) is 0 Å². The van der Waals surface area contributed by atoms with E-state index in [1.165, 1.54) is 5.56 Å². The van der Waals surface area contributed by atoms with Crippen LogP contribution >= 0.6 is 11.8 Å². The quantitative estimate of drug-likeness (QED) is 0.875. The minimum absolute atomic E-state index is 0.211. The highest BCUT2D eigenvalue weighted by Gasteiger charge is 2.41. The monoisotopic (exact) mass is 307 g/mol. The number of hydrogen-bond donors (Lipinski definition) is 2. The van der Waals surface area contributed by atoms with Crippen LogP contribution in [0.2, 0.25) is 0 Å². The normalized spacial score (nSPS) is 17.2. The van der Waals surface area contributed by atoms with Gasteiger partial charge in [-0.05, 0) is 41.9 Å². The summed E-state index contributed by atoms with van der Waals surface area (Å²) in [4.78, 5) is 23.7. The highest BCUT2D eigenvalue weighted by Crippen LogP contribution is 2.27. The number of benzene rings is 1. The molecule has 1 aromatic rings. The van der Waals surface area contributed by atoms with Gasteiger partial charge in [-0.25, -0.2) is 4.79 Å². The molecule has 21 heavy (non-hydrogen) atoms. The van der Waals surface area contributed by atoms with Crippen LogP contribution in [-0.4, -0.2) is 34.0 Å². The summed E-state index contributed by atoms with van der Waals surface area (Å²) < 4.78 is 0. The zero-order valence-electron chi connectivity index (χ0n) is 12.2. The maximum atomic E-state index is 12.2. The molecule has 2 N–H and O–H groups in total. The average molecular weight is 307 g/mol. The lowest BCUT2D eigenvalue weighted by Crippen LogP contribution is -2.56. The number of nitrogens with one attached hydrogen (secondary N) is 1. The largest absolute Gasteiger partial charge is 0.480 e. The Kier molecular flexibility index (Phi) is 5.28. The van der Waals surface area contributed by atoms with Crippen molar-refractivity contribution in [3.8, 4) is 0 Å². The fourth-order valence-corrected chi connectivity index (χ4v) is 3.76. The number of carboxylic acids is 1. The van der Waals surface area contributed by atoms with Crippen LogP contribution in [0, 0.1) is 0 Å². The summed E-state index contributed by atoms with van der Waals surface area (Å²) in [6.07, 6.45) is 2.14. The van der Waals surface area contributed by atoms with Crippen molar-refractivity contribution in [2.24, 2.45) is 0 Å². The maximum absolute atomic E-state index is 12.2. The van der Waals surface area contributed by atoms with Crippen molar-refractivity contribution in [1.29, 1.82) is 0 Å². The summed E-state index contributed by atoms with van der Waals surface area (Å²) in [5.74, 6) is 0.423. The number of thioether (sulfide) groups is 1. The third-order valence-electron chi connectivity index (χ3n) is 3.90. The SMILES string of the molecule is CCc1cccc(CC(=O)NC2(C(=O)O)CCSCC2)c1. The smallest absolute Gasteiger partial charge is 0.329 e. The average Bonchev–Trinajstić information content (AvgIpc) is 2.48. The van der Waals surface area contributed by atoms with Gasteiger partial charge in [0.2, 0.25) is 5.91 Å². The van der Waals surface area contributed by atoms with Gasteiger partial charge >= 0.3 is 5.97 Å². The highest BCUT2D eigenvalue weighted by atomic mass is 32.2. The molecular weight excluding hydrogens is 286 g/mol. The van der Waals surface area contributed by atoms with Gasteiger partial charge < -0.3 is 10.4 Å². The van der Waals surface area contributed by atoms with E-state index in [2.05, 4.69) is 12.2 Å². The Bertz CT molecular complexity index is 524. The predicted octanol–water partition coefficient (Wildman–Crippen LogP) is 2.26. The van der Waals surface area contributed by atoms with E-state index in [1.54, 1.807) is 11.8 Å². The van der Waals surface area contributed by atoms with E-state index in [1.807, 2.05) is 24.3 Å². The third kappa shape index (κ3) is 4.00. The molecule has 0 unspecified atom stereocenters. The molecule has 1 aliphatic heterocycles. The van der Waals surface area contributed by atoms with Crippen LogP contribution in [-0.2, 0) is 22.4 Å². The van der Waals surface area contributed by atoms with Crippen LogP contribution in [0.1, 0.15) is 30.9 Å². The first-order valence-electron chi connectivity index (χ1n) is 7.26. The molecule has 1 amide bonds. The van der Waals surface area contributed by atoms with Crippen LogP contribution in [0.4, 0.5) is 0 Å². The van der Waals surface area contributed by atoms with Crippen molar-refractivity contribution in [3.63, 3.8) is 0 Å². The topological polar surface area (TPSA) is 66.4 Å². The standard InChI is InChI=1S/C16H21NO3S/c1-2-12-4-3-5-13(10-12)11-14(18)17-16(15(19)20)6-8-21-9-7-16/h3-5,10H,2,6-9,11H2,1H3,(H,17,18)(H,19,20). The second kappa shape index (κ2) is 6.98. The minimum atomic E-state index is -1.08. The number of hydrogen-bond acceptors (Lipinski definition) is 3. The highest BCUT2D eigenvalue weighted by molar-refractivity contribution is 7.99. The second-order valence-electron chi connectivity index (χ2n) is 5.40. The molecule has 1 fully saturated rings. The Morgan fingerprint density at radius 3 is 2.57 bits per heavy atom. The number of carbonyl (C=O) groups is 2. The van der Waals surface area contributed by atoms with Gasteiger partial charge in [-0.2, -0.15) is 11.8 Å². The van der Waals surface area contributed by atoms with E-state index < -0.39 is 11.5 Å². The Morgan fingerprint density at radius 2 is 1.95 bits per heavy atom. The number of rotatable bonds is 5. The zero-order valence-corrected chi connectivity index (χ0v) is 13.0. The molecule has 114 valence electrons. The minimum Gasteiger partial charge on any atom is -0.480 e. The zero-order chi connectivity index (χ0) is 15.3. The van der Waals surface area contributed by atoms with Gasteiger partial charge in [0.1, 0.15) is 5.54 Å².